The normalized spacial score (nSPS) is 17.9. The van der Waals surface area contributed by atoms with Gasteiger partial charge < -0.3 is 9.67 Å². The highest BCUT2D eigenvalue weighted by atomic mass is 16.3. The van der Waals surface area contributed by atoms with Gasteiger partial charge in [0.25, 0.3) is 0 Å². The molecule has 3 aromatic rings. The van der Waals surface area contributed by atoms with E-state index in [2.05, 4.69) is 59.0 Å². The first-order valence-corrected chi connectivity index (χ1v) is 8.95. The number of hydrogen-bond donors (Lipinski definition) is 1. The van der Waals surface area contributed by atoms with Crippen LogP contribution < -0.4 is 0 Å². The van der Waals surface area contributed by atoms with Crippen LogP contribution in [-0.4, -0.2) is 21.1 Å². The number of phenolic OH excluding ortho intramolecular Hbond substituents is 1. The van der Waals surface area contributed by atoms with Gasteiger partial charge in [-0.05, 0) is 37.1 Å². The number of fused-ring (bicyclic) bond motifs is 1. The highest BCUT2D eigenvalue weighted by Crippen LogP contribution is 2.34. The van der Waals surface area contributed by atoms with Gasteiger partial charge in [-0.25, -0.2) is 0 Å². The number of rotatable bonds is 3. The summed E-state index contributed by atoms with van der Waals surface area (Å²) in [6.07, 6.45) is 3.29. The quantitative estimate of drug-likeness (QED) is 0.765. The molecular weight excluding hydrogens is 308 g/mol. The first-order chi connectivity index (χ1) is 12.2. The molecule has 1 aromatic heterocycles. The maximum absolute atomic E-state index is 10.2. The van der Waals surface area contributed by atoms with Gasteiger partial charge in [0, 0.05) is 37.1 Å². The fraction of sp³-hybridized carbons (Fsp3) is 0.273. The van der Waals surface area contributed by atoms with Gasteiger partial charge in [0.1, 0.15) is 5.75 Å². The summed E-state index contributed by atoms with van der Waals surface area (Å²) in [4.78, 5) is 2.49. The van der Waals surface area contributed by atoms with E-state index in [-0.39, 0.29) is 6.04 Å². The Morgan fingerprint density at radius 1 is 1.00 bits per heavy atom. The minimum absolute atomic E-state index is 0.206. The number of phenols is 1. The van der Waals surface area contributed by atoms with Gasteiger partial charge in [-0.1, -0.05) is 48.0 Å². The predicted octanol–water partition coefficient (Wildman–Crippen LogP) is 4.50. The van der Waals surface area contributed by atoms with Gasteiger partial charge in [0.15, 0.2) is 0 Å². The molecule has 0 amide bonds. The summed E-state index contributed by atoms with van der Waals surface area (Å²) >= 11 is 0. The average molecular weight is 332 g/mol. The summed E-state index contributed by atoms with van der Waals surface area (Å²) in [5.41, 5.74) is 4.92. The van der Waals surface area contributed by atoms with Crippen molar-refractivity contribution in [2.75, 3.05) is 6.54 Å². The minimum Gasteiger partial charge on any atom is -0.508 e. The lowest BCUT2D eigenvalue weighted by Gasteiger charge is -2.31. The van der Waals surface area contributed by atoms with E-state index in [0.717, 1.165) is 31.6 Å². The second kappa shape index (κ2) is 6.77. The van der Waals surface area contributed by atoms with Crippen LogP contribution in [0.25, 0.3) is 0 Å². The minimum atomic E-state index is 0.206. The zero-order chi connectivity index (χ0) is 17.2. The Morgan fingerprint density at radius 2 is 1.88 bits per heavy atom. The maximum Gasteiger partial charge on any atom is 0.120 e. The molecule has 4 rings (SSSR count). The van der Waals surface area contributed by atoms with E-state index in [1.807, 2.05) is 18.2 Å². The molecule has 1 aliphatic rings. The number of aromatic nitrogens is 1. The third-order valence-electron chi connectivity index (χ3n) is 5.08. The fourth-order valence-electron chi connectivity index (χ4n) is 3.89. The highest BCUT2D eigenvalue weighted by Gasteiger charge is 2.27. The monoisotopic (exact) mass is 332 g/mol. The summed E-state index contributed by atoms with van der Waals surface area (Å²) in [5, 5.41) is 10.2. The lowest BCUT2D eigenvalue weighted by Crippen LogP contribution is -2.29. The molecule has 1 unspecified atom stereocenters. The van der Waals surface area contributed by atoms with Crippen LogP contribution in [0.2, 0.25) is 0 Å². The molecule has 25 heavy (non-hydrogen) atoms. The van der Waals surface area contributed by atoms with E-state index in [9.17, 15) is 5.11 Å². The van der Waals surface area contributed by atoms with Crippen LogP contribution >= 0.6 is 0 Å². The van der Waals surface area contributed by atoms with Gasteiger partial charge in [0.05, 0.1) is 6.04 Å². The number of aryl methyl sites for hydroxylation is 2. The second-order valence-corrected chi connectivity index (χ2v) is 6.90. The van der Waals surface area contributed by atoms with Crippen LogP contribution in [0, 0.1) is 6.92 Å². The maximum atomic E-state index is 10.2. The van der Waals surface area contributed by atoms with Crippen molar-refractivity contribution in [1.29, 1.82) is 0 Å². The topological polar surface area (TPSA) is 28.4 Å². The number of hydrogen-bond acceptors (Lipinski definition) is 2. The zero-order valence-corrected chi connectivity index (χ0v) is 14.6. The Hall–Kier alpha value is -2.52. The summed E-state index contributed by atoms with van der Waals surface area (Å²) < 4.78 is 2.37. The van der Waals surface area contributed by atoms with Crippen molar-refractivity contribution in [3.05, 3.63) is 89.2 Å². The molecule has 128 valence electrons. The standard InChI is InChI=1S/C22H24N2O/c1-17-7-4-9-18(15-17)22-20-10-5-12-23(20)13-6-14-24(22)16-19-8-2-3-11-21(19)25/h2-5,7-12,15,22,25H,6,13-14,16H2,1H3. The second-order valence-electron chi connectivity index (χ2n) is 6.90. The summed E-state index contributed by atoms with van der Waals surface area (Å²) in [5.74, 6) is 0.380. The summed E-state index contributed by atoms with van der Waals surface area (Å²) in [6.45, 7) is 4.94. The van der Waals surface area contributed by atoms with Crippen LogP contribution in [0.3, 0.4) is 0 Å². The summed E-state index contributed by atoms with van der Waals surface area (Å²) in [6, 6.07) is 21.0. The lowest BCUT2D eigenvalue weighted by atomic mass is 9.99. The molecule has 0 aliphatic carbocycles. The molecular formula is C22H24N2O. The first-order valence-electron chi connectivity index (χ1n) is 8.95. The van der Waals surface area contributed by atoms with Crippen LogP contribution in [0.5, 0.6) is 5.75 Å². The lowest BCUT2D eigenvalue weighted by molar-refractivity contribution is 0.217. The molecule has 0 bridgehead atoms. The van der Waals surface area contributed by atoms with E-state index in [1.54, 1.807) is 6.07 Å². The molecule has 2 heterocycles. The molecule has 3 heteroatoms. The number of para-hydroxylation sites is 1. The number of benzene rings is 2. The Bertz CT molecular complexity index is 868. The molecule has 0 saturated carbocycles. The van der Waals surface area contributed by atoms with Crippen molar-refractivity contribution in [2.24, 2.45) is 0 Å². The Kier molecular flexibility index (Phi) is 4.33. The van der Waals surface area contributed by atoms with Gasteiger partial charge >= 0.3 is 0 Å². The van der Waals surface area contributed by atoms with E-state index in [0.29, 0.717) is 5.75 Å². The van der Waals surface area contributed by atoms with Crippen LogP contribution in [0.1, 0.15) is 34.8 Å². The van der Waals surface area contributed by atoms with Crippen LogP contribution in [-0.2, 0) is 13.1 Å². The fourth-order valence-corrected chi connectivity index (χ4v) is 3.89. The van der Waals surface area contributed by atoms with Crippen LogP contribution in [0.15, 0.2) is 66.9 Å². The molecule has 2 aromatic carbocycles. The molecule has 0 fully saturated rings. The summed E-state index contributed by atoms with van der Waals surface area (Å²) in [7, 11) is 0. The van der Waals surface area contributed by atoms with E-state index >= 15 is 0 Å². The van der Waals surface area contributed by atoms with Crippen molar-refractivity contribution >= 4 is 0 Å². The SMILES string of the molecule is Cc1cccc(C2c3cccn3CCCN2Cc2ccccc2O)c1. The molecule has 0 spiro atoms. The molecule has 0 saturated heterocycles. The van der Waals surface area contributed by atoms with Crippen molar-refractivity contribution in [3.63, 3.8) is 0 Å². The molecule has 1 aliphatic heterocycles. The Morgan fingerprint density at radius 3 is 2.72 bits per heavy atom. The van der Waals surface area contributed by atoms with Crippen LogP contribution in [0.4, 0.5) is 0 Å². The van der Waals surface area contributed by atoms with Gasteiger partial charge in [-0.15, -0.1) is 0 Å². The van der Waals surface area contributed by atoms with Gasteiger partial charge in [0.2, 0.25) is 0 Å². The largest absolute Gasteiger partial charge is 0.508 e. The number of nitrogens with zero attached hydrogens (tertiary/aromatic N) is 2. The molecule has 1 atom stereocenters. The Labute approximate surface area is 149 Å². The van der Waals surface area contributed by atoms with Crippen molar-refractivity contribution in [1.82, 2.24) is 9.47 Å². The van der Waals surface area contributed by atoms with E-state index < -0.39 is 0 Å². The number of aromatic hydroxyl groups is 1. The first kappa shape index (κ1) is 16.0. The van der Waals surface area contributed by atoms with E-state index in [1.165, 1.54) is 16.8 Å². The average Bonchev–Trinajstić information content (AvgIpc) is 2.98. The Balaban J connectivity index is 1.77. The van der Waals surface area contributed by atoms with Gasteiger partial charge in [-0.3, -0.25) is 4.90 Å². The van der Waals surface area contributed by atoms with Crippen molar-refractivity contribution in [3.8, 4) is 5.75 Å². The predicted molar refractivity (Wildman–Crippen MR) is 101 cm³/mol. The highest BCUT2D eigenvalue weighted by molar-refractivity contribution is 5.35. The third-order valence-corrected chi connectivity index (χ3v) is 5.08. The molecule has 0 radical (unpaired) electrons. The van der Waals surface area contributed by atoms with E-state index in [4.69, 9.17) is 0 Å². The van der Waals surface area contributed by atoms with Gasteiger partial charge in [-0.2, -0.15) is 0 Å². The van der Waals surface area contributed by atoms with Crippen molar-refractivity contribution in [2.45, 2.75) is 32.5 Å². The molecule has 3 nitrogen and oxygen atoms in total. The smallest absolute Gasteiger partial charge is 0.120 e. The molecule has 1 N–H and O–H groups in total. The van der Waals surface area contributed by atoms with Crippen molar-refractivity contribution < 1.29 is 5.11 Å². The zero-order valence-electron chi connectivity index (χ0n) is 14.6. The third kappa shape index (κ3) is 3.20.